The number of aromatic nitrogens is 1. The summed E-state index contributed by atoms with van der Waals surface area (Å²) in [5.41, 5.74) is 4.59. The normalized spacial score (nSPS) is 16.9. The number of aryl methyl sites for hydroxylation is 2. The van der Waals surface area contributed by atoms with Crippen LogP contribution in [0.5, 0.6) is 0 Å². The van der Waals surface area contributed by atoms with Gasteiger partial charge in [-0.3, -0.25) is 9.59 Å². The number of pyridine rings is 1. The molecule has 28 heavy (non-hydrogen) atoms. The van der Waals surface area contributed by atoms with Gasteiger partial charge in [0.05, 0.1) is 0 Å². The molecule has 1 amide bonds. The fraction of sp³-hybridized carbons (Fsp3) is 0.455. The van der Waals surface area contributed by atoms with Gasteiger partial charge < -0.3 is 15.2 Å². The standard InChI is InChI=1S/C22H28ClN3O2/c1-13-6-5-7-26(12-13)20-10-17(23)9-18(16(20)4)21(27)24-11-19-14(2)8-15(3)25-22(19)28/h8-10,13H,5-7,11-12H2,1-4H3,(H,24,27)(H,25,28). The number of aromatic amines is 1. The van der Waals surface area contributed by atoms with Gasteiger partial charge in [-0.25, -0.2) is 0 Å². The number of nitrogens with zero attached hydrogens (tertiary/aromatic N) is 1. The van der Waals surface area contributed by atoms with E-state index in [-0.39, 0.29) is 18.0 Å². The fourth-order valence-electron chi connectivity index (χ4n) is 4.00. The van der Waals surface area contributed by atoms with E-state index < -0.39 is 0 Å². The Labute approximate surface area is 171 Å². The van der Waals surface area contributed by atoms with E-state index >= 15 is 0 Å². The van der Waals surface area contributed by atoms with Gasteiger partial charge in [-0.05, 0) is 68.9 Å². The molecule has 1 fully saturated rings. The summed E-state index contributed by atoms with van der Waals surface area (Å²) in [6, 6.07) is 5.55. The van der Waals surface area contributed by atoms with E-state index in [1.54, 1.807) is 6.07 Å². The van der Waals surface area contributed by atoms with Crippen molar-refractivity contribution in [3.63, 3.8) is 0 Å². The number of anilines is 1. The third kappa shape index (κ3) is 4.41. The van der Waals surface area contributed by atoms with Crippen LogP contribution in [0.25, 0.3) is 0 Å². The lowest BCUT2D eigenvalue weighted by Gasteiger charge is -2.34. The summed E-state index contributed by atoms with van der Waals surface area (Å²) in [6.07, 6.45) is 2.37. The first-order valence-corrected chi connectivity index (χ1v) is 10.2. The van der Waals surface area contributed by atoms with Crippen molar-refractivity contribution in [3.8, 4) is 0 Å². The molecule has 1 unspecified atom stereocenters. The van der Waals surface area contributed by atoms with Crippen LogP contribution in [0.4, 0.5) is 5.69 Å². The lowest BCUT2D eigenvalue weighted by atomic mass is 9.97. The number of hydrogen-bond donors (Lipinski definition) is 2. The molecule has 0 saturated carbocycles. The summed E-state index contributed by atoms with van der Waals surface area (Å²) in [5.74, 6) is 0.409. The van der Waals surface area contributed by atoms with E-state index in [0.29, 0.717) is 22.1 Å². The molecular weight excluding hydrogens is 374 g/mol. The van der Waals surface area contributed by atoms with Crippen molar-refractivity contribution in [2.75, 3.05) is 18.0 Å². The quantitative estimate of drug-likeness (QED) is 0.809. The predicted octanol–water partition coefficient (Wildman–Crippen LogP) is 4.12. The van der Waals surface area contributed by atoms with Gasteiger partial charge >= 0.3 is 0 Å². The van der Waals surface area contributed by atoms with Gasteiger partial charge in [0.2, 0.25) is 0 Å². The highest BCUT2D eigenvalue weighted by molar-refractivity contribution is 6.31. The van der Waals surface area contributed by atoms with Crippen LogP contribution in [0.15, 0.2) is 23.0 Å². The summed E-state index contributed by atoms with van der Waals surface area (Å²) in [7, 11) is 0. The highest BCUT2D eigenvalue weighted by Crippen LogP contribution is 2.31. The smallest absolute Gasteiger partial charge is 0.253 e. The zero-order chi connectivity index (χ0) is 20.4. The summed E-state index contributed by atoms with van der Waals surface area (Å²) >= 11 is 6.35. The number of benzene rings is 1. The summed E-state index contributed by atoms with van der Waals surface area (Å²) in [6.45, 7) is 10.1. The molecule has 1 aromatic heterocycles. The zero-order valence-electron chi connectivity index (χ0n) is 17.0. The highest BCUT2D eigenvalue weighted by atomic mass is 35.5. The first kappa shape index (κ1) is 20.5. The van der Waals surface area contributed by atoms with Crippen LogP contribution >= 0.6 is 11.6 Å². The maximum atomic E-state index is 12.9. The number of carbonyl (C=O) groups is 1. The maximum Gasteiger partial charge on any atom is 0.253 e. The Balaban J connectivity index is 1.83. The van der Waals surface area contributed by atoms with Crippen molar-refractivity contribution in [2.24, 2.45) is 5.92 Å². The summed E-state index contributed by atoms with van der Waals surface area (Å²) < 4.78 is 0. The lowest BCUT2D eigenvalue weighted by Crippen LogP contribution is -2.35. The minimum absolute atomic E-state index is 0.163. The largest absolute Gasteiger partial charge is 0.371 e. The number of nitrogens with one attached hydrogen (secondary N) is 2. The minimum Gasteiger partial charge on any atom is -0.371 e. The fourth-order valence-corrected chi connectivity index (χ4v) is 4.21. The van der Waals surface area contributed by atoms with Crippen molar-refractivity contribution < 1.29 is 4.79 Å². The molecule has 1 saturated heterocycles. The number of rotatable bonds is 4. The Hall–Kier alpha value is -2.27. The second kappa shape index (κ2) is 8.39. The summed E-state index contributed by atoms with van der Waals surface area (Å²) in [4.78, 5) is 30.2. The first-order chi connectivity index (χ1) is 13.3. The van der Waals surface area contributed by atoms with Gasteiger partial charge in [0, 0.05) is 47.2 Å². The topological polar surface area (TPSA) is 65.2 Å². The minimum atomic E-state index is -0.217. The van der Waals surface area contributed by atoms with Gasteiger partial charge in [-0.1, -0.05) is 18.5 Å². The average molecular weight is 402 g/mol. The molecule has 0 aliphatic carbocycles. The molecule has 1 aromatic carbocycles. The third-order valence-corrected chi connectivity index (χ3v) is 5.73. The Bertz CT molecular complexity index is 952. The van der Waals surface area contributed by atoms with Crippen molar-refractivity contribution in [3.05, 3.63) is 61.5 Å². The van der Waals surface area contributed by atoms with Gasteiger partial charge in [-0.2, -0.15) is 0 Å². The molecule has 2 heterocycles. The number of halogens is 1. The van der Waals surface area contributed by atoms with Gasteiger partial charge in [0.25, 0.3) is 11.5 Å². The second-order valence-corrected chi connectivity index (χ2v) is 8.35. The Morgan fingerprint density at radius 1 is 1.29 bits per heavy atom. The van der Waals surface area contributed by atoms with Crippen molar-refractivity contribution in [1.29, 1.82) is 0 Å². The molecule has 1 aliphatic heterocycles. The van der Waals surface area contributed by atoms with Gasteiger partial charge in [0.15, 0.2) is 0 Å². The monoisotopic (exact) mass is 401 g/mol. The van der Waals surface area contributed by atoms with Crippen LogP contribution in [0.3, 0.4) is 0 Å². The molecule has 5 nitrogen and oxygen atoms in total. The van der Waals surface area contributed by atoms with Crippen LogP contribution in [0.2, 0.25) is 5.02 Å². The SMILES string of the molecule is Cc1cc(C)c(CNC(=O)c2cc(Cl)cc(N3CCCC(C)C3)c2C)c(=O)[nH]1. The molecule has 2 N–H and O–H groups in total. The Kier molecular flexibility index (Phi) is 6.14. The van der Waals surface area contributed by atoms with Gasteiger partial charge in [0.1, 0.15) is 0 Å². The van der Waals surface area contributed by atoms with Gasteiger partial charge in [-0.15, -0.1) is 0 Å². The van der Waals surface area contributed by atoms with Crippen molar-refractivity contribution in [1.82, 2.24) is 10.3 Å². The predicted molar refractivity (Wildman–Crippen MR) is 115 cm³/mol. The molecule has 0 bridgehead atoms. The van der Waals surface area contributed by atoms with E-state index in [2.05, 4.69) is 22.1 Å². The number of piperidine rings is 1. The van der Waals surface area contributed by atoms with E-state index in [4.69, 9.17) is 11.6 Å². The molecule has 2 aromatic rings. The molecule has 150 valence electrons. The third-order valence-electron chi connectivity index (χ3n) is 5.51. The number of H-pyrrole nitrogens is 1. The number of carbonyl (C=O) groups excluding carboxylic acids is 1. The van der Waals surface area contributed by atoms with Crippen LogP contribution in [-0.2, 0) is 6.54 Å². The molecule has 1 atom stereocenters. The Morgan fingerprint density at radius 3 is 2.71 bits per heavy atom. The van der Waals surface area contributed by atoms with Crippen LogP contribution in [-0.4, -0.2) is 24.0 Å². The van der Waals surface area contributed by atoms with E-state index in [1.807, 2.05) is 32.9 Å². The van der Waals surface area contributed by atoms with Crippen molar-refractivity contribution >= 4 is 23.2 Å². The van der Waals surface area contributed by atoms with Crippen molar-refractivity contribution in [2.45, 2.75) is 47.1 Å². The van der Waals surface area contributed by atoms with E-state index in [1.165, 1.54) is 6.42 Å². The summed E-state index contributed by atoms with van der Waals surface area (Å²) in [5, 5.41) is 3.44. The number of amides is 1. The van der Waals surface area contributed by atoms with Crippen LogP contribution in [0.1, 0.15) is 52.5 Å². The molecule has 0 radical (unpaired) electrons. The molecule has 6 heteroatoms. The van der Waals surface area contributed by atoms with Crippen LogP contribution in [0, 0.1) is 26.7 Å². The zero-order valence-corrected chi connectivity index (χ0v) is 17.7. The van der Waals surface area contributed by atoms with E-state index in [0.717, 1.165) is 42.0 Å². The Morgan fingerprint density at radius 2 is 2.04 bits per heavy atom. The maximum absolute atomic E-state index is 12.9. The van der Waals surface area contributed by atoms with Crippen LogP contribution < -0.4 is 15.8 Å². The molecule has 0 spiro atoms. The lowest BCUT2D eigenvalue weighted by molar-refractivity contribution is 0.0950. The first-order valence-electron chi connectivity index (χ1n) is 9.79. The second-order valence-electron chi connectivity index (χ2n) is 7.92. The molecule has 1 aliphatic rings. The number of hydrogen-bond acceptors (Lipinski definition) is 3. The highest BCUT2D eigenvalue weighted by Gasteiger charge is 2.22. The molecule has 3 rings (SSSR count). The van der Waals surface area contributed by atoms with E-state index in [9.17, 15) is 9.59 Å². The molecular formula is C22H28ClN3O2. The average Bonchev–Trinajstić information content (AvgIpc) is 2.62.